The molecule has 4 aromatic rings. The van der Waals surface area contributed by atoms with E-state index in [0.717, 1.165) is 11.1 Å². The van der Waals surface area contributed by atoms with Crippen molar-refractivity contribution >= 4 is 41.3 Å². The number of ether oxygens (including phenoxy) is 2. The van der Waals surface area contributed by atoms with Crippen molar-refractivity contribution in [1.82, 2.24) is 10.9 Å². The first kappa shape index (κ1) is 32.6. The van der Waals surface area contributed by atoms with Gasteiger partial charge in [0.25, 0.3) is 17.7 Å². The maximum Gasteiger partial charge on any atom is 0.349 e. The maximum atomic E-state index is 13.2. The second kappa shape index (κ2) is 14.9. The Balaban J connectivity index is 1.47. The quantitative estimate of drug-likeness (QED) is 0.151. The van der Waals surface area contributed by atoms with E-state index in [2.05, 4.69) is 10.7 Å². The molecule has 0 aliphatic carbocycles. The van der Waals surface area contributed by atoms with Gasteiger partial charge in [0, 0.05) is 16.8 Å². The number of esters is 2. The molecular weight excluding hydrogens is 594 g/mol. The monoisotopic (exact) mass is 623 g/mol. The molecule has 0 aliphatic rings. The van der Waals surface area contributed by atoms with E-state index in [4.69, 9.17) is 9.47 Å². The second-order valence-electron chi connectivity index (χ2n) is 10.1. The predicted octanol–water partition coefficient (Wildman–Crippen LogP) is 3.85. The van der Waals surface area contributed by atoms with E-state index >= 15 is 0 Å². The van der Waals surface area contributed by atoms with Crippen molar-refractivity contribution in [3.63, 3.8) is 0 Å². The van der Waals surface area contributed by atoms with Gasteiger partial charge < -0.3 is 19.9 Å². The molecule has 0 aromatic heterocycles. The molecule has 0 bridgehead atoms. The molecule has 0 fully saturated rings. The van der Waals surface area contributed by atoms with E-state index < -0.39 is 41.9 Å². The molecule has 0 saturated heterocycles. The van der Waals surface area contributed by atoms with Gasteiger partial charge in [0.1, 0.15) is 0 Å². The third kappa shape index (κ3) is 8.63. The number of carbonyl (C=O) groups is 6. The fourth-order valence-electron chi connectivity index (χ4n) is 4.00. The number of rotatable bonds is 10. The number of carboxylic acid groups (broad SMARTS) is 1. The molecule has 46 heavy (non-hydrogen) atoms. The lowest BCUT2D eigenvalue weighted by atomic mass is 10.1. The molecule has 234 valence electrons. The van der Waals surface area contributed by atoms with Gasteiger partial charge in [0.15, 0.2) is 0 Å². The van der Waals surface area contributed by atoms with Gasteiger partial charge in [-0.15, -0.1) is 0 Å². The van der Waals surface area contributed by atoms with Gasteiger partial charge in [-0.1, -0.05) is 53.6 Å². The molecule has 12 heteroatoms. The van der Waals surface area contributed by atoms with Crippen molar-refractivity contribution in [1.29, 1.82) is 0 Å². The lowest BCUT2D eigenvalue weighted by Gasteiger charge is -2.23. The first-order valence-corrected chi connectivity index (χ1v) is 13.9. The summed E-state index contributed by atoms with van der Waals surface area (Å²) >= 11 is 0. The standard InChI is InChI=1S/C34H29N3O9/c1-20-8-12-24(13-9-20)33(43)45-27(28(32(41)42)46-34(44)25-14-10-21(2)11-15-25)31(40)37-36-30(39)23-16-18-26(19-17-23)35-29(38)22-6-4-3-5-7-22/h3-19,27-28H,1-2H3,(H,35,38)(H,36,39)(H,37,40)(H,41,42)/t27-,28-/m1/s1. The van der Waals surface area contributed by atoms with Gasteiger partial charge in [0.05, 0.1) is 11.1 Å². The number of hydrogen-bond donors (Lipinski definition) is 4. The Morgan fingerprint density at radius 1 is 0.543 bits per heavy atom. The Labute approximate surface area is 263 Å². The summed E-state index contributed by atoms with van der Waals surface area (Å²) in [7, 11) is 0. The Morgan fingerprint density at radius 3 is 1.50 bits per heavy atom. The number of carbonyl (C=O) groups excluding carboxylic acids is 5. The van der Waals surface area contributed by atoms with Crippen LogP contribution in [0.5, 0.6) is 0 Å². The minimum atomic E-state index is -2.28. The van der Waals surface area contributed by atoms with Crippen molar-refractivity contribution in [2.75, 3.05) is 5.32 Å². The average molecular weight is 624 g/mol. The number of benzene rings is 4. The van der Waals surface area contributed by atoms with E-state index in [-0.39, 0.29) is 22.6 Å². The molecule has 0 radical (unpaired) electrons. The molecule has 0 saturated carbocycles. The van der Waals surface area contributed by atoms with Crippen LogP contribution in [0, 0.1) is 13.8 Å². The zero-order chi connectivity index (χ0) is 33.2. The Hall–Kier alpha value is -6.30. The molecule has 0 aliphatic heterocycles. The normalized spacial score (nSPS) is 11.7. The Kier molecular flexibility index (Phi) is 10.6. The summed E-state index contributed by atoms with van der Waals surface area (Å²) < 4.78 is 10.4. The summed E-state index contributed by atoms with van der Waals surface area (Å²) in [6.45, 7) is 3.57. The van der Waals surface area contributed by atoms with Crippen LogP contribution in [0.3, 0.4) is 0 Å². The largest absolute Gasteiger partial charge is 0.478 e. The third-order valence-electron chi connectivity index (χ3n) is 6.56. The summed E-state index contributed by atoms with van der Waals surface area (Å²) in [5, 5.41) is 12.6. The zero-order valence-corrected chi connectivity index (χ0v) is 24.7. The van der Waals surface area contributed by atoms with E-state index in [0.29, 0.717) is 11.3 Å². The highest BCUT2D eigenvalue weighted by molar-refractivity contribution is 6.04. The number of hydrazine groups is 1. The van der Waals surface area contributed by atoms with Crippen LogP contribution in [-0.2, 0) is 19.1 Å². The lowest BCUT2D eigenvalue weighted by molar-refractivity contribution is -0.159. The van der Waals surface area contributed by atoms with E-state index in [1.807, 2.05) is 5.43 Å². The summed E-state index contributed by atoms with van der Waals surface area (Å²) in [4.78, 5) is 76.2. The molecule has 4 rings (SSSR count). The number of aliphatic carboxylic acids is 1. The lowest BCUT2D eigenvalue weighted by Crippen LogP contribution is -2.54. The van der Waals surface area contributed by atoms with Crippen molar-refractivity contribution in [3.8, 4) is 0 Å². The SMILES string of the molecule is Cc1ccc(C(=O)O[C@@H](C(=O)O)[C@@H](OC(=O)c2ccc(C)cc2)C(=O)NNC(=O)c2ccc(NC(=O)c3ccccc3)cc2)cc1. The van der Waals surface area contributed by atoms with Gasteiger partial charge in [-0.05, 0) is 74.5 Å². The van der Waals surface area contributed by atoms with Crippen molar-refractivity contribution < 1.29 is 43.3 Å². The highest BCUT2D eigenvalue weighted by Crippen LogP contribution is 2.15. The number of hydrogen-bond acceptors (Lipinski definition) is 8. The van der Waals surface area contributed by atoms with Crippen LogP contribution < -0.4 is 16.2 Å². The number of aryl methyl sites for hydroxylation is 2. The number of amides is 3. The molecule has 4 N–H and O–H groups in total. The minimum absolute atomic E-state index is 0.000815. The number of carboxylic acids is 1. The van der Waals surface area contributed by atoms with Gasteiger partial charge >= 0.3 is 17.9 Å². The molecule has 12 nitrogen and oxygen atoms in total. The molecule has 0 spiro atoms. The fourth-order valence-corrected chi connectivity index (χ4v) is 4.00. The third-order valence-corrected chi connectivity index (χ3v) is 6.56. The van der Waals surface area contributed by atoms with Crippen LogP contribution in [-0.4, -0.2) is 52.9 Å². The predicted molar refractivity (Wildman–Crippen MR) is 165 cm³/mol. The Bertz CT molecular complexity index is 1740. The van der Waals surface area contributed by atoms with Gasteiger partial charge in [-0.3, -0.25) is 25.2 Å². The van der Waals surface area contributed by atoms with Gasteiger partial charge in [-0.2, -0.15) is 0 Å². The van der Waals surface area contributed by atoms with Gasteiger partial charge in [-0.25, -0.2) is 14.4 Å². The first-order valence-electron chi connectivity index (χ1n) is 13.9. The highest BCUT2D eigenvalue weighted by atomic mass is 16.6. The fraction of sp³-hybridized carbons (Fsp3) is 0.118. The van der Waals surface area contributed by atoms with Crippen LogP contribution in [0.4, 0.5) is 5.69 Å². The van der Waals surface area contributed by atoms with Crippen LogP contribution in [0.1, 0.15) is 52.6 Å². The van der Waals surface area contributed by atoms with Crippen LogP contribution >= 0.6 is 0 Å². The van der Waals surface area contributed by atoms with E-state index in [1.165, 1.54) is 48.5 Å². The van der Waals surface area contributed by atoms with Crippen LogP contribution in [0.2, 0.25) is 0 Å². The van der Waals surface area contributed by atoms with E-state index in [1.54, 1.807) is 68.4 Å². The maximum absolute atomic E-state index is 13.2. The van der Waals surface area contributed by atoms with Crippen molar-refractivity contribution in [2.45, 2.75) is 26.1 Å². The zero-order valence-electron chi connectivity index (χ0n) is 24.7. The molecule has 0 unspecified atom stereocenters. The summed E-state index contributed by atoms with van der Waals surface area (Å²) in [6.07, 6.45) is -4.50. The molecule has 4 aromatic carbocycles. The minimum Gasteiger partial charge on any atom is -0.478 e. The molecule has 0 heterocycles. The highest BCUT2D eigenvalue weighted by Gasteiger charge is 2.41. The number of anilines is 1. The molecule has 3 amide bonds. The second-order valence-corrected chi connectivity index (χ2v) is 10.1. The van der Waals surface area contributed by atoms with Crippen molar-refractivity contribution in [3.05, 3.63) is 137 Å². The number of nitrogens with one attached hydrogen (secondary N) is 3. The van der Waals surface area contributed by atoms with Crippen LogP contribution in [0.15, 0.2) is 103 Å². The van der Waals surface area contributed by atoms with Crippen molar-refractivity contribution in [2.24, 2.45) is 0 Å². The van der Waals surface area contributed by atoms with E-state index in [9.17, 15) is 33.9 Å². The summed E-state index contributed by atoms with van der Waals surface area (Å²) in [5.41, 5.74) is 6.71. The Morgan fingerprint density at radius 2 is 1.00 bits per heavy atom. The summed E-state index contributed by atoms with van der Waals surface area (Å²) in [5.74, 6) is -6.40. The first-order chi connectivity index (χ1) is 22.0. The smallest absolute Gasteiger partial charge is 0.349 e. The van der Waals surface area contributed by atoms with Gasteiger partial charge in [0.2, 0.25) is 12.2 Å². The average Bonchev–Trinajstić information content (AvgIpc) is 3.06. The summed E-state index contributed by atoms with van der Waals surface area (Å²) in [6, 6.07) is 26.2. The topological polar surface area (TPSA) is 177 Å². The molecular formula is C34H29N3O9. The molecule has 2 atom stereocenters. The van der Waals surface area contributed by atoms with Crippen LogP contribution in [0.25, 0.3) is 0 Å².